The molecular weight excluding hydrogens is 472 g/mol. The zero-order valence-electron chi connectivity index (χ0n) is 25.6. The molecule has 4 heteroatoms. The first-order valence-electron chi connectivity index (χ1n) is 15.1. The molecule has 0 bridgehead atoms. The number of hydrogen-bond donors (Lipinski definition) is 2. The van der Waals surface area contributed by atoms with Crippen LogP contribution in [0, 0.1) is 23.2 Å². The lowest BCUT2D eigenvalue weighted by Gasteiger charge is -2.44. The third-order valence-corrected chi connectivity index (χ3v) is 15.1. The third-order valence-electron chi connectivity index (χ3n) is 10.7. The third kappa shape index (κ3) is 7.29. The van der Waals surface area contributed by atoms with E-state index in [1.54, 1.807) is 5.57 Å². The van der Waals surface area contributed by atoms with Crippen molar-refractivity contribution in [3.63, 3.8) is 0 Å². The minimum Gasteiger partial charge on any atom is -0.410 e. The second kappa shape index (κ2) is 11.4. The molecule has 6 atom stereocenters. The summed E-state index contributed by atoms with van der Waals surface area (Å²) in [4.78, 5) is 0. The Morgan fingerprint density at radius 3 is 2.46 bits per heavy atom. The Labute approximate surface area is 230 Å². The van der Waals surface area contributed by atoms with E-state index in [2.05, 4.69) is 66.4 Å². The highest BCUT2D eigenvalue weighted by Gasteiger charge is 2.50. The second-order valence-corrected chi connectivity index (χ2v) is 20.0. The summed E-state index contributed by atoms with van der Waals surface area (Å²) in [7, 11) is -1.94. The van der Waals surface area contributed by atoms with Gasteiger partial charge in [-0.3, -0.25) is 0 Å². The molecule has 6 unspecified atom stereocenters. The van der Waals surface area contributed by atoms with E-state index in [1.165, 1.54) is 44.1 Å². The van der Waals surface area contributed by atoms with E-state index >= 15 is 0 Å². The van der Waals surface area contributed by atoms with Crippen molar-refractivity contribution in [3.05, 3.63) is 35.5 Å². The Morgan fingerprint density at radius 1 is 1.16 bits per heavy atom. The molecule has 3 fully saturated rings. The standard InChI is InChI=1S/C33H58O3Si/c1-23(13-11-19-32(6,7)35)28-17-18-29-25(14-12-20-33(28,29)8)15-16-26-21-27(34)22-30(24(26)2)36-37(9,10)31(3,4)5/h15-16,23,27-30,34-35H,2,11-14,17-22H2,1,3-10H3. The lowest BCUT2D eigenvalue weighted by molar-refractivity contribution is 0.0596. The Kier molecular flexibility index (Phi) is 9.53. The number of aliphatic hydroxyl groups is 2. The van der Waals surface area contributed by atoms with Crippen LogP contribution in [0.4, 0.5) is 0 Å². The maximum atomic E-state index is 10.7. The number of aliphatic hydroxyl groups excluding tert-OH is 1. The number of hydrogen-bond acceptors (Lipinski definition) is 3. The van der Waals surface area contributed by atoms with E-state index in [0.29, 0.717) is 30.1 Å². The molecule has 3 rings (SSSR count). The largest absolute Gasteiger partial charge is 0.410 e. The highest BCUT2D eigenvalue weighted by molar-refractivity contribution is 6.74. The van der Waals surface area contributed by atoms with E-state index in [4.69, 9.17) is 4.43 Å². The summed E-state index contributed by atoms with van der Waals surface area (Å²) in [5, 5.41) is 21.0. The topological polar surface area (TPSA) is 49.7 Å². The SMILES string of the molecule is C=C1C(=CC=C2CCCC3(C)C2CCC3C(C)CCCC(C)(C)O)CC(O)CC1O[Si](C)(C)C(C)(C)C. The molecule has 3 nitrogen and oxygen atoms in total. The van der Waals surface area contributed by atoms with Crippen LogP contribution < -0.4 is 0 Å². The van der Waals surface area contributed by atoms with Crippen LogP contribution in [0.1, 0.15) is 113 Å². The maximum absolute atomic E-state index is 10.7. The van der Waals surface area contributed by atoms with Crippen molar-refractivity contribution >= 4 is 8.32 Å². The fourth-order valence-corrected chi connectivity index (χ4v) is 8.67. The van der Waals surface area contributed by atoms with Gasteiger partial charge in [-0.25, -0.2) is 0 Å². The van der Waals surface area contributed by atoms with Crippen molar-refractivity contribution < 1.29 is 14.6 Å². The van der Waals surface area contributed by atoms with Crippen LogP contribution in [0.15, 0.2) is 35.5 Å². The normalized spacial score (nSPS) is 34.7. The fraction of sp³-hybridized carbons (Fsp3) is 0.818. The fourth-order valence-electron chi connectivity index (χ4n) is 7.37. The van der Waals surface area contributed by atoms with Crippen molar-refractivity contribution in [3.8, 4) is 0 Å². The van der Waals surface area contributed by atoms with Gasteiger partial charge in [-0.15, -0.1) is 0 Å². The number of rotatable bonds is 8. The Hall–Kier alpha value is -0.683. The average Bonchev–Trinajstić information content (AvgIpc) is 3.10. The van der Waals surface area contributed by atoms with Gasteiger partial charge in [0, 0.05) is 6.42 Å². The van der Waals surface area contributed by atoms with Gasteiger partial charge in [-0.2, -0.15) is 0 Å². The summed E-state index contributed by atoms with van der Waals surface area (Å²) in [6.45, 7) is 24.7. The van der Waals surface area contributed by atoms with E-state index < -0.39 is 13.9 Å². The van der Waals surface area contributed by atoms with E-state index in [9.17, 15) is 10.2 Å². The monoisotopic (exact) mass is 530 g/mol. The molecule has 0 heterocycles. The Balaban J connectivity index is 1.73. The van der Waals surface area contributed by atoms with Gasteiger partial charge < -0.3 is 14.6 Å². The first kappa shape index (κ1) is 30.9. The molecular formula is C33H58O3Si. The van der Waals surface area contributed by atoms with Gasteiger partial charge in [-0.05, 0) is 111 Å². The molecule has 3 aliphatic rings. The minimum absolute atomic E-state index is 0.0773. The summed E-state index contributed by atoms with van der Waals surface area (Å²) < 4.78 is 6.73. The van der Waals surface area contributed by atoms with Crippen LogP contribution in [0.25, 0.3) is 0 Å². The average molecular weight is 531 g/mol. The molecule has 0 amide bonds. The Morgan fingerprint density at radius 2 is 1.84 bits per heavy atom. The van der Waals surface area contributed by atoms with Crippen LogP contribution in [-0.2, 0) is 4.43 Å². The lowest BCUT2D eigenvalue weighted by atomic mass is 9.60. The Bertz CT molecular complexity index is 871. The molecule has 3 saturated carbocycles. The smallest absolute Gasteiger partial charge is 0.192 e. The van der Waals surface area contributed by atoms with Gasteiger partial charge in [0.1, 0.15) is 0 Å². The predicted octanol–water partition coefficient (Wildman–Crippen LogP) is 8.73. The molecule has 37 heavy (non-hydrogen) atoms. The van der Waals surface area contributed by atoms with Gasteiger partial charge in [0.2, 0.25) is 0 Å². The van der Waals surface area contributed by atoms with Gasteiger partial charge >= 0.3 is 0 Å². The van der Waals surface area contributed by atoms with Crippen LogP contribution in [0.5, 0.6) is 0 Å². The van der Waals surface area contributed by atoms with Crippen molar-refractivity contribution in [1.82, 2.24) is 0 Å². The summed E-state index contributed by atoms with van der Waals surface area (Å²) in [6.07, 6.45) is 15.2. The van der Waals surface area contributed by atoms with E-state index in [0.717, 1.165) is 24.3 Å². The molecule has 212 valence electrons. The molecule has 0 radical (unpaired) electrons. The quantitative estimate of drug-likeness (QED) is 0.308. The van der Waals surface area contributed by atoms with Crippen molar-refractivity contribution in [2.75, 3.05) is 0 Å². The summed E-state index contributed by atoms with van der Waals surface area (Å²) in [6, 6.07) is 0. The molecule has 0 spiro atoms. The van der Waals surface area contributed by atoms with Gasteiger partial charge in [-0.1, -0.05) is 71.8 Å². The van der Waals surface area contributed by atoms with Crippen LogP contribution in [0.3, 0.4) is 0 Å². The van der Waals surface area contributed by atoms with Crippen LogP contribution in [0.2, 0.25) is 18.1 Å². The molecule has 0 aromatic heterocycles. The lowest BCUT2D eigenvalue weighted by Crippen LogP contribution is -2.46. The highest BCUT2D eigenvalue weighted by Crippen LogP contribution is 2.60. The first-order valence-corrected chi connectivity index (χ1v) is 18.0. The number of fused-ring (bicyclic) bond motifs is 1. The summed E-state index contributed by atoms with van der Waals surface area (Å²) in [5.74, 6) is 2.14. The molecule has 0 saturated heterocycles. The summed E-state index contributed by atoms with van der Waals surface area (Å²) >= 11 is 0. The number of allylic oxidation sites excluding steroid dienone is 3. The second-order valence-electron chi connectivity index (χ2n) is 15.2. The zero-order valence-corrected chi connectivity index (χ0v) is 26.6. The first-order chi connectivity index (χ1) is 16.9. The molecule has 0 aliphatic heterocycles. The maximum Gasteiger partial charge on any atom is 0.192 e. The molecule has 3 aliphatic carbocycles. The van der Waals surface area contributed by atoms with E-state index in [1.807, 2.05) is 13.8 Å². The molecule has 0 aromatic carbocycles. The molecule has 2 N–H and O–H groups in total. The van der Waals surface area contributed by atoms with Crippen molar-refractivity contribution in [1.29, 1.82) is 0 Å². The van der Waals surface area contributed by atoms with Crippen molar-refractivity contribution in [2.24, 2.45) is 23.2 Å². The minimum atomic E-state index is -1.94. The van der Waals surface area contributed by atoms with E-state index in [-0.39, 0.29) is 17.2 Å². The van der Waals surface area contributed by atoms with Crippen LogP contribution in [-0.4, -0.2) is 36.3 Å². The highest BCUT2D eigenvalue weighted by atomic mass is 28.4. The van der Waals surface area contributed by atoms with Crippen LogP contribution >= 0.6 is 0 Å². The van der Waals surface area contributed by atoms with Crippen molar-refractivity contribution in [2.45, 2.75) is 149 Å². The van der Waals surface area contributed by atoms with Gasteiger partial charge in [0.05, 0.1) is 17.8 Å². The molecule has 0 aromatic rings. The van der Waals surface area contributed by atoms with Gasteiger partial charge in [0.25, 0.3) is 0 Å². The zero-order chi connectivity index (χ0) is 27.8. The van der Waals surface area contributed by atoms with Gasteiger partial charge in [0.15, 0.2) is 8.32 Å². The summed E-state index contributed by atoms with van der Waals surface area (Å²) in [5.41, 5.74) is 3.70. The predicted molar refractivity (Wildman–Crippen MR) is 160 cm³/mol.